The molecule has 0 radical (unpaired) electrons. The van der Waals surface area contributed by atoms with Crippen molar-refractivity contribution in [3.05, 3.63) is 0 Å². The molecule has 0 saturated carbocycles. The Morgan fingerprint density at radius 1 is 1.27 bits per heavy atom. The Labute approximate surface area is 68.3 Å². The number of rotatable bonds is 3. The lowest BCUT2D eigenvalue weighted by molar-refractivity contribution is -0.314. The SMILES string of the molecule is O=C([O-])CC(Cl)C(=O)[O-].[NH4+].[NH4+]. The molecule has 0 aliphatic heterocycles. The topological polar surface area (TPSA) is 153 Å². The van der Waals surface area contributed by atoms with Crippen molar-refractivity contribution in [2.24, 2.45) is 0 Å². The molecule has 0 aromatic rings. The van der Waals surface area contributed by atoms with E-state index in [9.17, 15) is 19.8 Å². The summed E-state index contributed by atoms with van der Waals surface area (Å²) < 4.78 is 0. The van der Waals surface area contributed by atoms with Gasteiger partial charge < -0.3 is 32.1 Å². The molecule has 0 amide bonds. The highest BCUT2D eigenvalue weighted by Crippen LogP contribution is 1.97. The molecule has 1 atom stereocenters. The Kier molecular flexibility index (Phi) is 11.0. The third-order valence-corrected chi connectivity index (χ3v) is 0.934. The lowest BCUT2D eigenvalue weighted by Gasteiger charge is -2.09. The summed E-state index contributed by atoms with van der Waals surface area (Å²) in [6.07, 6.45) is -0.718. The highest BCUT2D eigenvalue weighted by molar-refractivity contribution is 6.30. The Bertz CT molecular complexity index is 140. The zero-order chi connectivity index (χ0) is 7.44. The molecule has 68 valence electrons. The van der Waals surface area contributed by atoms with Gasteiger partial charge in [0, 0.05) is 12.4 Å². The van der Waals surface area contributed by atoms with Crippen LogP contribution in [0.1, 0.15) is 6.42 Å². The molecule has 0 aliphatic rings. The van der Waals surface area contributed by atoms with Crippen LogP contribution in [0.4, 0.5) is 0 Å². The zero-order valence-corrected chi connectivity index (χ0v) is 7.05. The molecule has 1 unspecified atom stereocenters. The van der Waals surface area contributed by atoms with E-state index in [1.807, 2.05) is 0 Å². The van der Waals surface area contributed by atoms with Gasteiger partial charge in [0.05, 0.1) is 11.3 Å². The second-order valence-corrected chi connectivity index (χ2v) is 1.89. The second kappa shape index (κ2) is 7.26. The van der Waals surface area contributed by atoms with Gasteiger partial charge in [-0.2, -0.15) is 0 Å². The first-order valence-corrected chi connectivity index (χ1v) is 2.52. The smallest absolute Gasteiger partial charge is 0.0782 e. The number of carboxylic acid groups (broad SMARTS) is 2. The van der Waals surface area contributed by atoms with Crippen LogP contribution in [0, 0.1) is 0 Å². The van der Waals surface area contributed by atoms with E-state index in [0.717, 1.165) is 0 Å². The number of aliphatic carboxylic acids is 2. The van der Waals surface area contributed by atoms with Gasteiger partial charge in [0.25, 0.3) is 0 Å². The molecule has 8 N–H and O–H groups in total. The normalized spacial score (nSPS) is 10.3. The first-order chi connectivity index (χ1) is 4.04. The Morgan fingerprint density at radius 3 is 1.73 bits per heavy atom. The number of halogens is 1. The maximum absolute atomic E-state index is 9.70. The molecule has 7 heteroatoms. The molecular formula is C4H11ClN2O4. The van der Waals surface area contributed by atoms with E-state index in [2.05, 4.69) is 0 Å². The monoisotopic (exact) mass is 186 g/mol. The Morgan fingerprint density at radius 2 is 1.64 bits per heavy atom. The van der Waals surface area contributed by atoms with Crippen LogP contribution in [-0.2, 0) is 9.59 Å². The molecule has 11 heavy (non-hydrogen) atoms. The summed E-state index contributed by atoms with van der Waals surface area (Å²) in [6, 6.07) is 0. The predicted molar refractivity (Wildman–Crippen MR) is 36.2 cm³/mol. The quantitative estimate of drug-likeness (QED) is 0.501. The summed E-state index contributed by atoms with van der Waals surface area (Å²) in [5, 5.41) is 17.8. The minimum atomic E-state index is -1.60. The first kappa shape index (κ1) is 16.6. The molecule has 0 bridgehead atoms. The van der Waals surface area contributed by atoms with E-state index < -0.39 is 23.7 Å². The van der Waals surface area contributed by atoms with Gasteiger partial charge in [-0.25, -0.2) is 0 Å². The standard InChI is InChI=1S/C4H5ClO4.2H3N/c5-2(4(8)9)1-3(6)7;;/h2H,1H2,(H,6,7)(H,8,9);2*1H3. The molecule has 0 fully saturated rings. The fraction of sp³-hybridized carbons (Fsp3) is 0.500. The maximum Gasteiger partial charge on any atom is 0.0782 e. The highest BCUT2D eigenvalue weighted by atomic mass is 35.5. The molecule has 0 aliphatic carbocycles. The summed E-state index contributed by atoms with van der Waals surface area (Å²) >= 11 is 4.93. The van der Waals surface area contributed by atoms with Gasteiger partial charge in [0.2, 0.25) is 0 Å². The van der Waals surface area contributed by atoms with Crippen LogP contribution in [0.15, 0.2) is 0 Å². The van der Waals surface area contributed by atoms with Crippen molar-refractivity contribution in [2.45, 2.75) is 11.8 Å². The van der Waals surface area contributed by atoms with Gasteiger partial charge in [-0.3, -0.25) is 0 Å². The lowest BCUT2D eigenvalue weighted by Crippen LogP contribution is -2.36. The van der Waals surface area contributed by atoms with Crippen LogP contribution in [-0.4, -0.2) is 17.3 Å². The van der Waals surface area contributed by atoms with Crippen LogP contribution >= 0.6 is 11.6 Å². The van der Waals surface area contributed by atoms with Crippen LogP contribution in [0.25, 0.3) is 0 Å². The van der Waals surface area contributed by atoms with E-state index in [4.69, 9.17) is 11.6 Å². The van der Waals surface area contributed by atoms with Crippen molar-refractivity contribution >= 4 is 23.5 Å². The molecule has 0 saturated heterocycles. The first-order valence-electron chi connectivity index (χ1n) is 2.09. The van der Waals surface area contributed by atoms with E-state index in [0.29, 0.717) is 0 Å². The van der Waals surface area contributed by atoms with Gasteiger partial charge in [-0.05, 0) is 0 Å². The Hall–Kier alpha value is -0.850. The fourth-order valence-electron chi connectivity index (χ4n) is 0.230. The van der Waals surface area contributed by atoms with Crippen LogP contribution in [0.5, 0.6) is 0 Å². The molecule has 0 spiro atoms. The molecule has 0 aromatic carbocycles. The highest BCUT2D eigenvalue weighted by Gasteiger charge is 2.03. The number of carbonyl (C=O) groups is 2. The van der Waals surface area contributed by atoms with Gasteiger partial charge in [-0.15, -0.1) is 11.6 Å². The zero-order valence-electron chi connectivity index (χ0n) is 6.30. The number of hydrogen-bond acceptors (Lipinski definition) is 4. The maximum atomic E-state index is 9.70. The summed E-state index contributed by atoms with van der Waals surface area (Å²) in [4.78, 5) is 19.3. The minimum absolute atomic E-state index is 0. The molecular weight excluding hydrogens is 176 g/mol. The van der Waals surface area contributed by atoms with Crippen molar-refractivity contribution in [2.75, 3.05) is 0 Å². The predicted octanol–water partition coefficient (Wildman–Crippen LogP) is -1.76. The summed E-state index contributed by atoms with van der Waals surface area (Å²) in [5.74, 6) is -3.10. The van der Waals surface area contributed by atoms with Crippen molar-refractivity contribution in [1.29, 1.82) is 0 Å². The molecule has 6 nitrogen and oxygen atoms in total. The minimum Gasteiger partial charge on any atom is -0.550 e. The van der Waals surface area contributed by atoms with Gasteiger partial charge in [-0.1, -0.05) is 0 Å². The molecule has 0 heterocycles. The van der Waals surface area contributed by atoms with Crippen LogP contribution < -0.4 is 22.5 Å². The average Bonchev–Trinajstić information content (AvgIpc) is 1.63. The third-order valence-electron chi connectivity index (χ3n) is 0.602. The lowest BCUT2D eigenvalue weighted by atomic mass is 10.3. The van der Waals surface area contributed by atoms with Crippen LogP contribution in [0.3, 0.4) is 0 Å². The van der Waals surface area contributed by atoms with Gasteiger partial charge in [0.15, 0.2) is 0 Å². The number of hydrogen-bond donors (Lipinski definition) is 2. The number of carbonyl (C=O) groups excluding carboxylic acids is 2. The summed E-state index contributed by atoms with van der Waals surface area (Å²) in [5.41, 5.74) is 0. The van der Waals surface area contributed by atoms with E-state index in [1.165, 1.54) is 0 Å². The average molecular weight is 187 g/mol. The second-order valence-electron chi connectivity index (χ2n) is 1.36. The summed E-state index contributed by atoms with van der Waals surface area (Å²) in [7, 11) is 0. The summed E-state index contributed by atoms with van der Waals surface area (Å²) in [6.45, 7) is 0. The molecule has 0 aromatic heterocycles. The number of carboxylic acids is 2. The Balaban J connectivity index is -0.000000320. The number of quaternary nitrogens is 2. The molecule has 0 rings (SSSR count). The van der Waals surface area contributed by atoms with Crippen molar-refractivity contribution in [3.8, 4) is 0 Å². The van der Waals surface area contributed by atoms with Crippen molar-refractivity contribution in [1.82, 2.24) is 12.3 Å². The van der Waals surface area contributed by atoms with Gasteiger partial charge in [0.1, 0.15) is 0 Å². The third kappa shape index (κ3) is 9.15. The van der Waals surface area contributed by atoms with Crippen LogP contribution in [0.2, 0.25) is 0 Å². The van der Waals surface area contributed by atoms with Crippen molar-refractivity contribution < 1.29 is 19.8 Å². The van der Waals surface area contributed by atoms with E-state index >= 15 is 0 Å². The van der Waals surface area contributed by atoms with Crippen molar-refractivity contribution in [3.63, 3.8) is 0 Å². The number of alkyl halides is 1. The van der Waals surface area contributed by atoms with E-state index in [1.54, 1.807) is 0 Å². The fourth-order valence-corrected chi connectivity index (χ4v) is 0.356. The van der Waals surface area contributed by atoms with E-state index in [-0.39, 0.29) is 12.3 Å². The van der Waals surface area contributed by atoms with Gasteiger partial charge >= 0.3 is 0 Å². The largest absolute Gasteiger partial charge is 0.550 e.